The lowest BCUT2D eigenvalue weighted by molar-refractivity contribution is 0.628. The number of para-hydroxylation sites is 1. The minimum absolute atomic E-state index is 0.325. The number of aryl methyl sites for hydroxylation is 2. The zero-order valence-electron chi connectivity index (χ0n) is 17.1. The van der Waals surface area contributed by atoms with E-state index in [1.807, 2.05) is 16.9 Å². The third-order valence-corrected chi connectivity index (χ3v) is 6.37. The molecule has 5 rings (SSSR count). The first kappa shape index (κ1) is 19.3. The summed E-state index contributed by atoms with van der Waals surface area (Å²) in [6, 6.07) is 9.68. The number of nitrogens with one attached hydrogen (secondary N) is 2. The van der Waals surface area contributed by atoms with E-state index in [4.69, 9.17) is 16.7 Å². The second kappa shape index (κ2) is 7.56. The van der Waals surface area contributed by atoms with Crippen LogP contribution in [0.5, 0.6) is 0 Å². The van der Waals surface area contributed by atoms with Gasteiger partial charge in [0.2, 0.25) is 0 Å². The Morgan fingerprint density at radius 1 is 1.17 bits per heavy atom. The first-order chi connectivity index (χ1) is 14.6. The number of fused-ring (bicyclic) bond motifs is 2. The fourth-order valence-electron chi connectivity index (χ4n) is 4.61. The monoisotopic (exact) mass is 422 g/mol. The molecule has 2 aromatic heterocycles. The van der Waals surface area contributed by atoms with Crippen molar-refractivity contribution in [2.45, 2.75) is 39.7 Å². The van der Waals surface area contributed by atoms with Crippen molar-refractivity contribution < 1.29 is 4.39 Å². The summed E-state index contributed by atoms with van der Waals surface area (Å²) in [5.74, 6) is -0.325. The summed E-state index contributed by atoms with van der Waals surface area (Å²) in [4.78, 5) is 3.16. The van der Waals surface area contributed by atoms with Gasteiger partial charge >= 0.3 is 0 Å². The van der Waals surface area contributed by atoms with Gasteiger partial charge in [0.25, 0.3) is 0 Å². The lowest BCUT2D eigenvalue weighted by atomic mass is 9.97. The number of rotatable bonds is 4. The number of halogens is 2. The predicted octanol–water partition coefficient (Wildman–Crippen LogP) is 5.58. The molecule has 0 atom stereocenters. The summed E-state index contributed by atoms with van der Waals surface area (Å²) in [5.41, 5.74) is 7.73. The van der Waals surface area contributed by atoms with Crippen molar-refractivity contribution in [3.8, 4) is 16.9 Å². The first-order valence-electron chi connectivity index (χ1n) is 10.5. The van der Waals surface area contributed by atoms with Crippen molar-refractivity contribution >= 4 is 22.5 Å². The van der Waals surface area contributed by atoms with Crippen LogP contribution in [-0.2, 0) is 25.8 Å². The van der Waals surface area contributed by atoms with Crippen molar-refractivity contribution in [2.75, 3.05) is 6.54 Å². The Morgan fingerprint density at radius 2 is 1.93 bits per heavy atom. The van der Waals surface area contributed by atoms with Crippen molar-refractivity contribution in [1.82, 2.24) is 20.1 Å². The molecule has 0 spiro atoms. The highest BCUT2D eigenvalue weighted by Crippen LogP contribution is 2.40. The summed E-state index contributed by atoms with van der Waals surface area (Å²) >= 11 is 6.33. The van der Waals surface area contributed by atoms with Crippen LogP contribution in [0, 0.1) is 5.82 Å². The lowest BCUT2D eigenvalue weighted by Gasteiger charge is -2.18. The lowest BCUT2D eigenvalue weighted by Crippen LogP contribution is -2.23. The van der Waals surface area contributed by atoms with Gasteiger partial charge in [0.15, 0.2) is 0 Å². The van der Waals surface area contributed by atoms with Gasteiger partial charge in [-0.05, 0) is 36.1 Å². The van der Waals surface area contributed by atoms with Crippen LogP contribution in [-0.4, -0.2) is 21.3 Å². The highest BCUT2D eigenvalue weighted by Gasteiger charge is 2.28. The van der Waals surface area contributed by atoms with Gasteiger partial charge in [0, 0.05) is 42.2 Å². The first-order valence-corrected chi connectivity index (χ1v) is 10.9. The average Bonchev–Trinajstić information content (AvgIpc) is 3.39. The third kappa shape index (κ3) is 2.88. The Labute approximate surface area is 180 Å². The van der Waals surface area contributed by atoms with E-state index in [-0.39, 0.29) is 5.82 Å². The molecule has 0 bridgehead atoms. The second-order valence-corrected chi connectivity index (χ2v) is 8.13. The molecule has 0 radical (unpaired) electrons. The maximum Gasteiger partial charge on any atom is 0.134 e. The van der Waals surface area contributed by atoms with E-state index in [0.29, 0.717) is 17.1 Å². The van der Waals surface area contributed by atoms with E-state index in [1.54, 1.807) is 0 Å². The second-order valence-electron chi connectivity index (χ2n) is 7.73. The normalized spacial score (nSPS) is 13.7. The third-order valence-electron chi connectivity index (χ3n) is 6.07. The van der Waals surface area contributed by atoms with E-state index in [1.165, 1.54) is 17.2 Å². The fourth-order valence-corrected chi connectivity index (χ4v) is 4.86. The van der Waals surface area contributed by atoms with Crippen molar-refractivity contribution in [1.29, 1.82) is 0 Å². The molecule has 0 aliphatic carbocycles. The van der Waals surface area contributed by atoms with Crippen molar-refractivity contribution in [2.24, 2.45) is 0 Å². The molecule has 1 aliphatic rings. The Kier molecular flexibility index (Phi) is 4.88. The number of H-pyrrole nitrogens is 1. The average molecular weight is 423 g/mol. The van der Waals surface area contributed by atoms with Gasteiger partial charge in [-0.2, -0.15) is 5.10 Å². The maximum absolute atomic E-state index is 15.5. The van der Waals surface area contributed by atoms with Crippen LogP contribution >= 0.6 is 11.6 Å². The largest absolute Gasteiger partial charge is 0.360 e. The smallest absolute Gasteiger partial charge is 0.134 e. The fraction of sp³-hybridized carbons (Fsp3) is 0.292. The molecule has 4 nitrogen and oxygen atoms in total. The molecule has 30 heavy (non-hydrogen) atoms. The number of hydrogen-bond donors (Lipinski definition) is 2. The van der Waals surface area contributed by atoms with Crippen LogP contribution in [0.1, 0.15) is 36.2 Å². The maximum atomic E-state index is 15.5. The van der Waals surface area contributed by atoms with Crippen LogP contribution in [0.25, 0.3) is 27.8 Å². The molecule has 0 saturated carbocycles. The number of benzene rings is 2. The van der Waals surface area contributed by atoms with E-state index in [0.717, 1.165) is 59.3 Å². The van der Waals surface area contributed by atoms with E-state index in [2.05, 4.69) is 42.3 Å². The van der Waals surface area contributed by atoms with Crippen molar-refractivity contribution in [3.63, 3.8) is 0 Å². The van der Waals surface area contributed by atoms with Crippen molar-refractivity contribution in [3.05, 3.63) is 69.8 Å². The molecule has 2 N–H and O–H groups in total. The van der Waals surface area contributed by atoms with Gasteiger partial charge in [0.1, 0.15) is 5.82 Å². The van der Waals surface area contributed by atoms with E-state index < -0.39 is 0 Å². The van der Waals surface area contributed by atoms with Gasteiger partial charge in [-0.3, -0.25) is 0 Å². The number of hydrogen-bond acceptors (Lipinski definition) is 2. The predicted molar refractivity (Wildman–Crippen MR) is 120 cm³/mol. The summed E-state index contributed by atoms with van der Waals surface area (Å²) in [6.07, 6.45) is 4.40. The number of aromatic amines is 1. The molecule has 6 heteroatoms. The van der Waals surface area contributed by atoms with Gasteiger partial charge in [0.05, 0.1) is 27.6 Å². The van der Waals surface area contributed by atoms with E-state index >= 15 is 4.39 Å². The molecular weight excluding hydrogens is 399 g/mol. The SMILES string of the molecule is CCc1cccc(CC)c1-n1nc2c(c1-c1c(F)cc(Cl)c3[nH]ccc13)CNCC2. The minimum atomic E-state index is -0.325. The molecule has 1 aliphatic heterocycles. The molecular formula is C24H24ClFN4. The minimum Gasteiger partial charge on any atom is -0.360 e. The standard InChI is InChI=1S/C24H24ClFN4/c1-3-14-6-5-7-15(4-2)23(14)30-24(17-13-27-10-9-20(17)29-30)21-16-8-11-28-22(16)18(25)12-19(21)26/h5-8,11-12,27-28H,3-4,9-10,13H2,1-2H3. The highest BCUT2D eigenvalue weighted by molar-refractivity contribution is 6.35. The zero-order valence-corrected chi connectivity index (χ0v) is 17.9. The van der Waals surface area contributed by atoms with Gasteiger partial charge < -0.3 is 10.3 Å². The molecule has 2 aromatic carbocycles. The molecule has 0 fully saturated rings. The van der Waals surface area contributed by atoms with Gasteiger partial charge in [-0.15, -0.1) is 0 Å². The molecule has 4 aromatic rings. The topological polar surface area (TPSA) is 45.6 Å². The van der Waals surface area contributed by atoms with Crippen LogP contribution in [0.15, 0.2) is 36.5 Å². The zero-order chi connectivity index (χ0) is 20.8. The number of nitrogens with zero attached hydrogens (tertiary/aromatic N) is 2. The van der Waals surface area contributed by atoms with E-state index in [9.17, 15) is 0 Å². The molecule has 0 unspecified atom stereocenters. The molecule has 0 amide bonds. The Bertz CT molecular complexity index is 1230. The molecule has 0 saturated heterocycles. The molecule has 3 heterocycles. The summed E-state index contributed by atoms with van der Waals surface area (Å²) in [5, 5.41) is 9.64. The Hall–Kier alpha value is -2.63. The summed E-state index contributed by atoms with van der Waals surface area (Å²) in [7, 11) is 0. The summed E-state index contributed by atoms with van der Waals surface area (Å²) < 4.78 is 17.5. The van der Waals surface area contributed by atoms with Crippen LogP contribution in [0.4, 0.5) is 4.39 Å². The van der Waals surface area contributed by atoms with Crippen LogP contribution < -0.4 is 5.32 Å². The quantitative estimate of drug-likeness (QED) is 0.450. The Balaban J connectivity index is 1.91. The highest BCUT2D eigenvalue weighted by atomic mass is 35.5. The van der Waals surface area contributed by atoms with Crippen LogP contribution in [0.3, 0.4) is 0 Å². The van der Waals surface area contributed by atoms with Crippen LogP contribution in [0.2, 0.25) is 5.02 Å². The molecule has 154 valence electrons. The van der Waals surface area contributed by atoms with Gasteiger partial charge in [-0.25, -0.2) is 9.07 Å². The van der Waals surface area contributed by atoms with Gasteiger partial charge in [-0.1, -0.05) is 43.6 Å². The summed E-state index contributed by atoms with van der Waals surface area (Å²) in [6.45, 7) is 5.85. The Morgan fingerprint density at radius 3 is 2.67 bits per heavy atom. The number of aromatic nitrogens is 3.